The Morgan fingerprint density at radius 1 is 0.650 bits per heavy atom. The van der Waals surface area contributed by atoms with Crippen molar-refractivity contribution >= 4 is 12.6 Å². The fourth-order valence-corrected chi connectivity index (χ4v) is 4.09. The van der Waals surface area contributed by atoms with Crippen LogP contribution in [0.2, 0.25) is 0 Å². The average Bonchev–Trinajstić information content (AvgIpc) is 2.51. The Kier molecular flexibility index (Phi) is 7.75. The molecule has 3 saturated heterocycles. The zero-order valence-electron chi connectivity index (χ0n) is 13.4. The molecule has 0 aromatic carbocycles. The molecule has 2 bridgehead atoms. The number of thiol groups is 1. The summed E-state index contributed by atoms with van der Waals surface area (Å²) in [6.45, 7) is 9.88. The monoisotopic (exact) mass is 299 g/mol. The molecule has 0 N–H and O–H groups in total. The smallest absolute Gasteiger partial charge is 0.0916 e. The van der Waals surface area contributed by atoms with E-state index in [2.05, 4.69) is 17.5 Å². The van der Waals surface area contributed by atoms with E-state index in [1.54, 1.807) is 0 Å². The fourth-order valence-electron chi connectivity index (χ4n) is 3.86. The van der Waals surface area contributed by atoms with Crippen LogP contribution in [-0.4, -0.2) is 60.9 Å². The van der Waals surface area contributed by atoms with Gasteiger partial charge >= 0.3 is 0 Å². The molecule has 20 heavy (non-hydrogen) atoms. The molecule has 0 spiro atoms. The molecule has 2 nitrogen and oxygen atoms in total. The second-order valence-corrected chi connectivity index (χ2v) is 7.43. The summed E-state index contributed by atoms with van der Waals surface area (Å²) in [5.41, 5.74) is 0. The summed E-state index contributed by atoms with van der Waals surface area (Å²) < 4.78 is 1.46. The Morgan fingerprint density at radius 3 is 1.60 bits per heavy atom. The molecule has 3 aliphatic rings. The van der Waals surface area contributed by atoms with Gasteiger partial charge in [-0.3, -0.25) is 4.90 Å². The first-order chi connectivity index (χ1) is 9.85. The number of fused-ring (bicyclic) bond motifs is 3. The largest absolute Gasteiger partial charge is 0.320 e. The van der Waals surface area contributed by atoms with Crippen LogP contribution in [0, 0.1) is 0 Å². The third kappa shape index (κ3) is 5.57. The van der Waals surface area contributed by atoms with E-state index in [0.29, 0.717) is 0 Å². The first-order valence-electron chi connectivity index (χ1n) is 9.03. The Balaban J connectivity index is 1.40. The van der Waals surface area contributed by atoms with E-state index in [9.17, 15) is 0 Å². The van der Waals surface area contributed by atoms with Crippen LogP contribution in [0.1, 0.15) is 57.8 Å². The van der Waals surface area contributed by atoms with Crippen molar-refractivity contribution in [2.75, 3.05) is 51.6 Å². The minimum atomic E-state index is 1.07. The number of piperazine rings is 3. The van der Waals surface area contributed by atoms with Gasteiger partial charge in [0.15, 0.2) is 0 Å². The molecule has 3 rings (SSSR count). The maximum absolute atomic E-state index is 4.26. The molecule has 3 heteroatoms. The molecule has 0 aromatic rings. The SMILES string of the molecule is SCCCCCCCCCCC[N+]12CCN(CC1)CC2. The average molecular weight is 300 g/mol. The van der Waals surface area contributed by atoms with Gasteiger partial charge in [-0.25, -0.2) is 0 Å². The molecule has 118 valence electrons. The summed E-state index contributed by atoms with van der Waals surface area (Å²) in [7, 11) is 0. The van der Waals surface area contributed by atoms with Crippen LogP contribution in [-0.2, 0) is 0 Å². The predicted molar refractivity (Wildman–Crippen MR) is 91.6 cm³/mol. The van der Waals surface area contributed by atoms with Crippen molar-refractivity contribution in [3.63, 3.8) is 0 Å². The highest BCUT2D eigenvalue weighted by molar-refractivity contribution is 7.80. The summed E-state index contributed by atoms with van der Waals surface area (Å²) in [5, 5.41) is 0. The van der Waals surface area contributed by atoms with Crippen molar-refractivity contribution in [3.05, 3.63) is 0 Å². The molecule has 3 heterocycles. The molecule has 0 saturated carbocycles. The topological polar surface area (TPSA) is 3.24 Å². The normalized spacial score (nSPS) is 28.9. The lowest BCUT2D eigenvalue weighted by Crippen LogP contribution is -2.67. The van der Waals surface area contributed by atoms with Gasteiger partial charge < -0.3 is 4.48 Å². The van der Waals surface area contributed by atoms with Crippen molar-refractivity contribution in [3.8, 4) is 0 Å². The third-order valence-corrected chi connectivity index (χ3v) is 5.78. The lowest BCUT2D eigenvalue weighted by molar-refractivity contribution is -0.941. The van der Waals surface area contributed by atoms with E-state index in [4.69, 9.17) is 0 Å². The number of hydrogen-bond acceptors (Lipinski definition) is 2. The van der Waals surface area contributed by atoms with Crippen molar-refractivity contribution in [1.82, 2.24) is 4.90 Å². The first kappa shape index (κ1) is 16.6. The summed E-state index contributed by atoms with van der Waals surface area (Å²) in [4.78, 5) is 2.65. The van der Waals surface area contributed by atoms with Gasteiger partial charge in [0.25, 0.3) is 0 Å². The Labute approximate surface area is 131 Å². The van der Waals surface area contributed by atoms with Gasteiger partial charge in [0.05, 0.1) is 26.2 Å². The zero-order valence-corrected chi connectivity index (χ0v) is 14.3. The highest BCUT2D eigenvalue weighted by atomic mass is 32.1. The van der Waals surface area contributed by atoms with Crippen LogP contribution < -0.4 is 0 Å². The molecule has 0 atom stereocenters. The van der Waals surface area contributed by atoms with E-state index in [0.717, 1.165) is 5.75 Å². The van der Waals surface area contributed by atoms with Gasteiger partial charge in [-0.1, -0.05) is 38.5 Å². The molecule has 0 aliphatic carbocycles. The van der Waals surface area contributed by atoms with Gasteiger partial charge in [0.1, 0.15) is 0 Å². The van der Waals surface area contributed by atoms with Gasteiger partial charge in [-0.15, -0.1) is 0 Å². The number of hydrogen-bond donors (Lipinski definition) is 1. The van der Waals surface area contributed by atoms with Crippen LogP contribution >= 0.6 is 12.6 Å². The van der Waals surface area contributed by atoms with Crippen LogP contribution in [0.5, 0.6) is 0 Å². The minimum Gasteiger partial charge on any atom is -0.320 e. The van der Waals surface area contributed by atoms with Crippen molar-refractivity contribution in [2.24, 2.45) is 0 Å². The fraction of sp³-hybridized carbons (Fsp3) is 1.00. The van der Waals surface area contributed by atoms with Crippen molar-refractivity contribution < 1.29 is 4.48 Å². The lowest BCUT2D eigenvalue weighted by Gasteiger charge is -2.50. The van der Waals surface area contributed by atoms with Crippen LogP contribution in [0.15, 0.2) is 0 Å². The van der Waals surface area contributed by atoms with E-state index >= 15 is 0 Å². The molecule has 0 radical (unpaired) electrons. The molecular formula is C17H35N2S+. The molecule has 3 fully saturated rings. The first-order valence-corrected chi connectivity index (χ1v) is 9.66. The summed E-state index contributed by atoms with van der Waals surface area (Å²) in [5.74, 6) is 1.07. The molecule has 0 unspecified atom stereocenters. The number of rotatable bonds is 11. The Hall–Kier alpha value is 0.270. The van der Waals surface area contributed by atoms with E-state index < -0.39 is 0 Å². The van der Waals surface area contributed by atoms with Gasteiger partial charge in [0, 0.05) is 19.6 Å². The zero-order chi connectivity index (χ0) is 14.1. The number of unbranched alkanes of at least 4 members (excludes halogenated alkanes) is 8. The highest BCUT2D eigenvalue weighted by Gasteiger charge is 2.37. The van der Waals surface area contributed by atoms with Crippen molar-refractivity contribution in [2.45, 2.75) is 57.8 Å². The Morgan fingerprint density at radius 2 is 1.10 bits per heavy atom. The summed E-state index contributed by atoms with van der Waals surface area (Å²) >= 11 is 4.26. The third-order valence-electron chi connectivity index (χ3n) is 5.46. The van der Waals surface area contributed by atoms with Gasteiger partial charge in [-0.05, 0) is 25.0 Å². The maximum atomic E-state index is 4.26. The number of nitrogens with zero attached hydrogens (tertiary/aromatic N) is 2. The standard InChI is InChI=1S/C17H34N2S/c20-17-9-7-5-3-1-2-4-6-8-13-19-14-10-18(11-15-19)12-16-19/h1-17H2/p+1. The predicted octanol–water partition coefficient (Wildman–Crippen LogP) is 3.57. The maximum Gasteiger partial charge on any atom is 0.0916 e. The van der Waals surface area contributed by atoms with Gasteiger partial charge in [-0.2, -0.15) is 12.6 Å². The molecule has 0 aromatic heterocycles. The van der Waals surface area contributed by atoms with Crippen molar-refractivity contribution in [1.29, 1.82) is 0 Å². The van der Waals surface area contributed by atoms with E-state index in [1.807, 2.05) is 0 Å². The second kappa shape index (κ2) is 9.32. The number of quaternary nitrogens is 1. The highest BCUT2D eigenvalue weighted by Crippen LogP contribution is 2.21. The summed E-state index contributed by atoms with van der Waals surface area (Å²) in [6, 6.07) is 0. The van der Waals surface area contributed by atoms with E-state index in [-0.39, 0.29) is 0 Å². The summed E-state index contributed by atoms with van der Waals surface area (Å²) in [6.07, 6.45) is 12.9. The minimum absolute atomic E-state index is 1.07. The molecular weight excluding hydrogens is 264 g/mol. The van der Waals surface area contributed by atoms with Crippen LogP contribution in [0.25, 0.3) is 0 Å². The van der Waals surface area contributed by atoms with Crippen LogP contribution in [0.3, 0.4) is 0 Å². The lowest BCUT2D eigenvalue weighted by atomic mass is 10.1. The van der Waals surface area contributed by atoms with Gasteiger partial charge in [0.2, 0.25) is 0 Å². The van der Waals surface area contributed by atoms with Crippen LogP contribution in [0.4, 0.5) is 0 Å². The second-order valence-electron chi connectivity index (χ2n) is 6.98. The molecule has 3 aliphatic heterocycles. The molecule has 0 amide bonds. The van der Waals surface area contributed by atoms with E-state index in [1.165, 1.54) is 108 Å². The Bertz CT molecular complexity index is 236. The quantitative estimate of drug-likeness (QED) is 0.347.